The van der Waals surface area contributed by atoms with Crippen LogP contribution in [0, 0.1) is 11.3 Å². The van der Waals surface area contributed by atoms with Crippen LogP contribution in [0.2, 0.25) is 0 Å². The Morgan fingerprint density at radius 3 is 2.52 bits per heavy atom. The second kappa shape index (κ2) is 7.00. The summed E-state index contributed by atoms with van der Waals surface area (Å²) in [5.74, 6) is 1.32. The van der Waals surface area contributed by atoms with Crippen LogP contribution in [0.5, 0.6) is 11.5 Å². The molecular formula is C16H15BrN2O2. The van der Waals surface area contributed by atoms with Gasteiger partial charge in [-0.1, -0.05) is 12.1 Å². The summed E-state index contributed by atoms with van der Waals surface area (Å²) in [6.45, 7) is 0. The van der Waals surface area contributed by atoms with Gasteiger partial charge in [0.1, 0.15) is 17.5 Å². The summed E-state index contributed by atoms with van der Waals surface area (Å²) in [5.41, 5.74) is 1.57. The summed E-state index contributed by atoms with van der Waals surface area (Å²) in [7, 11) is 3.17. The first-order valence-corrected chi connectivity index (χ1v) is 7.11. The second-order valence-corrected chi connectivity index (χ2v) is 5.15. The van der Waals surface area contributed by atoms with Crippen molar-refractivity contribution in [2.24, 2.45) is 0 Å². The van der Waals surface area contributed by atoms with Gasteiger partial charge in [0.25, 0.3) is 0 Å². The molecule has 1 atom stereocenters. The van der Waals surface area contributed by atoms with Crippen LogP contribution in [0.4, 0.5) is 5.69 Å². The van der Waals surface area contributed by atoms with Gasteiger partial charge >= 0.3 is 0 Å². The van der Waals surface area contributed by atoms with E-state index in [9.17, 15) is 5.26 Å². The van der Waals surface area contributed by atoms with E-state index in [2.05, 4.69) is 27.3 Å². The zero-order chi connectivity index (χ0) is 15.2. The number of nitrogens with one attached hydrogen (secondary N) is 1. The molecule has 2 rings (SSSR count). The first-order chi connectivity index (χ1) is 10.2. The molecule has 0 bridgehead atoms. The van der Waals surface area contributed by atoms with Gasteiger partial charge in [0.05, 0.1) is 20.3 Å². The van der Waals surface area contributed by atoms with Crippen LogP contribution in [0.25, 0.3) is 0 Å². The molecule has 2 aromatic rings. The van der Waals surface area contributed by atoms with E-state index in [0.29, 0.717) is 11.5 Å². The van der Waals surface area contributed by atoms with E-state index in [1.807, 2.05) is 24.3 Å². The van der Waals surface area contributed by atoms with Crippen molar-refractivity contribution < 1.29 is 9.47 Å². The summed E-state index contributed by atoms with van der Waals surface area (Å²) >= 11 is 3.46. The number of ether oxygens (including phenoxy) is 2. The molecule has 0 fully saturated rings. The van der Waals surface area contributed by atoms with Gasteiger partial charge in [-0.3, -0.25) is 0 Å². The molecule has 1 unspecified atom stereocenters. The summed E-state index contributed by atoms with van der Waals surface area (Å²) in [5, 5.41) is 12.7. The van der Waals surface area contributed by atoms with Gasteiger partial charge in [0.2, 0.25) is 0 Å². The van der Waals surface area contributed by atoms with Gasteiger partial charge in [-0.15, -0.1) is 0 Å². The number of nitriles is 1. The Morgan fingerprint density at radius 2 is 1.90 bits per heavy atom. The molecule has 0 saturated heterocycles. The van der Waals surface area contributed by atoms with Crippen LogP contribution in [0.15, 0.2) is 46.9 Å². The van der Waals surface area contributed by atoms with E-state index in [1.54, 1.807) is 32.4 Å². The Morgan fingerprint density at radius 1 is 1.14 bits per heavy atom. The van der Waals surface area contributed by atoms with Crippen molar-refractivity contribution in [2.45, 2.75) is 6.04 Å². The lowest BCUT2D eigenvalue weighted by molar-refractivity contribution is 0.398. The first-order valence-electron chi connectivity index (χ1n) is 6.32. The zero-order valence-electron chi connectivity index (χ0n) is 11.8. The molecule has 0 aliphatic rings. The van der Waals surface area contributed by atoms with Gasteiger partial charge in [-0.25, -0.2) is 0 Å². The van der Waals surface area contributed by atoms with Gasteiger partial charge in [0.15, 0.2) is 0 Å². The van der Waals surface area contributed by atoms with E-state index in [1.165, 1.54) is 0 Å². The maximum Gasteiger partial charge on any atom is 0.144 e. The minimum absolute atomic E-state index is 0.547. The maximum atomic E-state index is 9.49. The quantitative estimate of drug-likeness (QED) is 0.883. The average Bonchev–Trinajstić information content (AvgIpc) is 2.53. The fourth-order valence-corrected chi connectivity index (χ4v) is 2.38. The lowest BCUT2D eigenvalue weighted by Gasteiger charge is -2.18. The zero-order valence-corrected chi connectivity index (χ0v) is 13.3. The third kappa shape index (κ3) is 3.47. The van der Waals surface area contributed by atoms with Crippen LogP contribution >= 0.6 is 15.9 Å². The molecule has 0 heterocycles. The third-order valence-electron chi connectivity index (χ3n) is 3.05. The van der Waals surface area contributed by atoms with E-state index in [-0.39, 0.29) is 0 Å². The molecule has 108 valence electrons. The van der Waals surface area contributed by atoms with E-state index in [4.69, 9.17) is 9.47 Å². The van der Waals surface area contributed by atoms with Crippen LogP contribution in [-0.4, -0.2) is 14.2 Å². The monoisotopic (exact) mass is 346 g/mol. The molecule has 4 nitrogen and oxygen atoms in total. The highest BCUT2D eigenvalue weighted by molar-refractivity contribution is 9.10. The Bertz CT molecular complexity index is 668. The molecule has 1 N–H and O–H groups in total. The molecule has 0 amide bonds. The standard InChI is InChI=1S/C16H15BrN2O2/c1-20-11-7-8-16(21-2)12(9-11)15(10-18)19-14-6-4-3-5-13(14)17/h3-9,15,19H,1-2H3. The highest BCUT2D eigenvalue weighted by atomic mass is 79.9. The number of rotatable bonds is 5. The summed E-state index contributed by atoms with van der Waals surface area (Å²) < 4.78 is 11.5. The number of hydrogen-bond acceptors (Lipinski definition) is 4. The molecule has 0 aromatic heterocycles. The van der Waals surface area contributed by atoms with Crippen molar-refractivity contribution >= 4 is 21.6 Å². The maximum absolute atomic E-state index is 9.49. The largest absolute Gasteiger partial charge is 0.497 e. The molecule has 5 heteroatoms. The topological polar surface area (TPSA) is 54.3 Å². The van der Waals surface area contributed by atoms with Gasteiger partial charge in [-0.2, -0.15) is 5.26 Å². The minimum atomic E-state index is -0.547. The van der Waals surface area contributed by atoms with Crippen molar-refractivity contribution in [3.05, 3.63) is 52.5 Å². The van der Waals surface area contributed by atoms with Crippen molar-refractivity contribution in [1.82, 2.24) is 0 Å². The lowest BCUT2D eigenvalue weighted by Crippen LogP contribution is -2.10. The highest BCUT2D eigenvalue weighted by Gasteiger charge is 2.17. The first kappa shape index (κ1) is 15.2. The number of benzene rings is 2. The van der Waals surface area contributed by atoms with Crippen molar-refractivity contribution in [3.63, 3.8) is 0 Å². The van der Waals surface area contributed by atoms with Crippen LogP contribution in [0.1, 0.15) is 11.6 Å². The number of nitrogens with zero attached hydrogens (tertiary/aromatic N) is 1. The number of para-hydroxylation sites is 1. The number of halogens is 1. The fraction of sp³-hybridized carbons (Fsp3) is 0.188. The Labute approximate surface area is 132 Å². The van der Waals surface area contributed by atoms with E-state index in [0.717, 1.165) is 15.7 Å². The average molecular weight is 347 g/mol. The van der Waals surface area contributed by atoms with Gasteiger partial charge in [0, 0.05) is 15.7 Å². The lowest BCUT2D eigenvalue weighted by atomic mass is 10.1. The Balaban J connectivity index is 2.38. The molecule has 2 aromatic carbocycles. The number of hydrogen-bond donors (Lipinski definition) is 1. The summed E-state index contributed by atoms with van der Waals surface area (Å²) in [6, 6.07) is 14.7. The molecule has 0 spiro atoms. The van der Waals surface area contributed by atoms with Crippen molar-refractivity contribution in [1.29, 1.82) is 5.26 Å². The summed E-state index contributed by atoms with van der Waals surface area (Å²) in [6.07, 6.45) is 0. The number of methoxy groups -OCH3 is 2. The fourth-order valence-electron chi connectivity index (χ4n) is 1.98. The van der Waals surface area contributed by atoms with Crippen LogP contribution in [0.3, 0.4) is 0 Å². The minimum Gasteiger partial charge on any atom is -0.497 e. The van der Waals surface area contributed by atoms with E-state index >= 15 is 0 Å². The Hall–Kier alpha value is -2.19. The van der Waals surface area contributed by atoms with E-state index < -0.39 is 6.04 Å². The Kier molecular flexibility index (Phi) is 5.07. The molecule has 21 heavy (non-hydrogen) atoms. The molecule has 0 saturated carbocycles. The van der Waals surface area contributed by atoms with Gasteiger partial charge in [-0.05, 0) is 46.3 Å². The molecule has 0 radical (unpaired) electrons. The van der Waals surface area contributed by atoms with Crippen molar-refractivity contribution in [3.8, 4) is 17.6 Å². The molecule has 0 aliphatic heterocycles. The molecule has 0 aliphatic carbocycles. The summed E-state index contributed by atoms with van der Waals surface area (Å²) in [4.78, 5) is 0. The SMILES string of the molecule is COc1ccc(OC)c(C(C#N)Nc2ccccc2Br)c1. The third-order valence-corrected chi connectivity index (χ3v) is 3.74. The predicted molar refractivity (Wildman–Crippen MR) is 85.7 cm³/mol. The van der Waals surface area contributed by atoms with Gasteiger partial charge < -0.3 is 14.8 Å². The predicted octanol–water partition coefficient (Wildman–Crippen LogP) is 4.14. The van der Waals surface area contributed by atoms with Crippen LogP contribution in [-0.2, 0) is 0 Å². The van der Waals surface area contributed by atoms with Crippen molar-refractivity contribution in [2.75, 3.05) is 19.5 Å². The second-order valence-electron chi connectivity index (χ2n) is 4.29. The smallest absolute Gasteiger partial charge is 0.144 e. The highest BCUT2D eigenvalue weighted by Crippen LogP contribution is 2.32. The number of anilines is 1. The molecular weight excluding hydrogens is 332 g/mol. The van der Waals surface area contributed by atoms with Crippen LogP contribution < -0.4 is 14.8 Å². The normalized spacial score (nSPS) is 11.3.